The van der Waals surface area contributed by atoms with E-state index >= 15 is 0 Å². The molecule has 0 saturated heterocycles. The maximum atomic E-state index is 13.7. The van der Waals surface area contributed by atoms with Gasteiger partial charge in [-0.25, -0.2) is 4.68 Å². The summed E-state index contributed by atoms with van der Waals surface area (Å²) >= 11 is 25.2. The lowest BCUT2D eigenvalue weighted by molar-refractivity contribution is -0.657. The Morgan fingerprint density at radius 1 is 0.574 bits per heavy atom. The Hall–Kier alpha value is -4.40. The number of aryl methyl sites for hydroxylation is 1. The molecule has 94 heavy (non-hydrogen) atoms. The number of benzene rings is 2. The van der Waals surface area contributed by atoms with Crippen molar-refractivity contribution in [2.75, 3.05) is 19.7 Å². The Labute approximate surface area is 576 Å². The Bertz CT molecular complexity index is 3600. The molecular weight excluding hydrogens is 1260 g/mol. The maximum Gasteiger partial charge on any atom is 0.319 e. The van der Waals surface area contributed by atoms with E-state index < -0.39 is 0 Å². The number of nitrogens with zero attached hydrogens (tertiary/aromatic N) is 5. The summed E-state index contributed by atoms with van der Waals surface area (Å²) in [5.74, 6) is 8.34. The number of carbonyl (C=O) groups is 3. The Kier molecular flexibility index (Phi) is 17.8. The minimum Gasteiger partial charge on any atom is -0.396 e. The Balaban J connectivity index is 0.000000112. The predicted octanol–water partition coefficient (Wildman–Crippen LogP) is 16.2. The van der Waals surface area contributed by atoms with Crippen LogP contribution in [-0.2, 0) is 38.5 Å². The van der Waals surface area contributed by atoms with E-state index in [4.69, 9.17) is 56.6 Å². The van der Waals surface area contributed by atoms with Crippen LogP contribution in [0, 0.1) is 75.4 Å². The van der Waals surface area contributed by atoms with Crippen molar-refractivity contribution in [1.82, 2.24) is 40.6 Å². The molecule has 2 unspecified atom stereocenters. The van der Waals surface area contributed by atoms with Gasteiger partial charge in [-0.2, -0.15) is 15.3 Å². The SMILES string of the molecule is CC(NC(=O)c1nn(C2CCCCC2)c2c1CC(CO)CC2)C12CC3CC(CC(C3)C1)C2.O=C(NCC12CC3CC(CC(C3)C1)C2)c1c2c([nH][n+]1-c1ccc(Cl)cc1Cl)CCCC2.O=C(NCC12CC3CC(CC(C3)C1)C2)c1nn(-c2ccc(Cl)cc2Cl)c2c1CCCC2. The number of fused-ring (bicyclic) bond motifs is 3. The van der Waals surface area contributed by atoms with Gasteiger partial charge in [0.25, 0.3) is 17.5 Å². The average Bonchev–Trinajstić information content (AvgIpc) is 1.23. The smallest absolute Gasteiger partial charge is 0.319 e. The molecule has 13 fully saturated rings. The van der Waals surface area contributed by atoms with Gasteiger partial charge >= 0.3 is 11.6 Å². The lowest BCUT2D eigenvalue weighted by Crippen LogP contribution is -2.55. The van der Waals surface area contributed by atoms with Crippen LogP contribution in [0.3, 0.4) is 0 Å². The summed E-state index contributed by atoms with van der Waals surface area (Å²) < 4.78 is 6.02. The minimum absolute atomic E-state index is 0.0160. The number of aliphatic hydroxyl groups excluding tert-OH is 1. The topological polar surface area (TPSA) is 163 Å². The number of nitrogens with one attached hydrogen (secondary N) is 4. The van der Waals surface area contributed by atoms with E-state index in [-0.39, 0.29) is 36.3 Å². The fourth-order valence-electron chi connectivity index (χ4n) is 23.9. The van der Waals surface area contributed by atoms with Crippen LogP contribution in [0.1, 0.15) is 258 Å². The molecule has 504 valence electrons. The summed E-state index contributed by atoms with van der Waals surface area (Å²) in [6, 6.07) is 11.6. The van der Waals surface area contributed by atoms with Gasteiger partial charge in [0, 0.05) is 64.4 Å². The van der Waals surface area contributed by atoms with Gasteiger partial charge in [0.05, 0.1) is 28.0 Å². The summed E-state index contributed by atoms with van der Waals surface area (Å²) in [7, 11) is 0. The molecule has 0 radical (unpaired) electrons. The molecule has 2 aromatic carbocycles. The van der Waals surface area contributed by atoms with Crippen LogP contribution in [0.5, 0.6) is 0 Å². The second-order valence-corrected chi connectivity index (χ2v) is 35.2. The van der Waals surface area contributed by atoms with Crippen molar-refractivity contribution in [2.45, 2.75) is 237 Å². The van der Waals surface area contributed by atoms with Gasteiger partial charge in [-0.15, -0.1) is 0 Å². The van der Waals surface area contributed by atoms with E-state index in [2.05, 4.69) is 32.7 Å². The second kappa shape index (κ2) is 26.0. The van der Waals surface area contributed by atoms with Crippen LogP contribution in [0.25, 0.3) is 11.4 Å². The van der Waals surface area contributed by atoms with Crippen molar-refractivity contribution in [2.24, 2.45) is 75.4 Å². The number of carbonyl (C=O) groups excluding carboxylic acids is 3. The molecule has 13 nitrogen and oxygen atoms in total. The number of H-pyrrole nitrogens is 1. The zero-order valence-corrected chi connectivity index (χ0v) is 58.5. The Morgan fingerprint density at radius 2 is 1.10 bits per heavy atom. The Morgan fingerprint density at radius 3 is 1.67 bits per heavy atom. The average molecular weight is 1360 g/mol. The van der Waals surface area contributed by atoms with Gasteiger partial charge in [-0.1, -0.05) is 70.3 Å². The van der Waals surface area contributed by atoms with Crippen molar-refractivity contribution in [1.29, 1.82) is 0 Å². The van der Waals surface area contributed by atoms with Crippen molar-refractivity contribution in [3.63, 3.8) is 0 Å². The predicted molar refractivity (Wildman–Crippen MR) is 370 cm³/mol. The van der Waals surface area contributed by atoms with Gasteiger partial charge < -0.3 is 21.1 Å². The number of aromatic nitrogens is 6. The number of hydrogen-bond acceptors (Lipinski definition) is 6. The first-order valence-corrected chi connectivity index (χ1v) is 38.8. The van der Waals surface area contributed by atoms with Crippen LogP contribution in [0.2, 0.25) is 20.1 Å². The highest BCUT2D eigenvalue weighted by molar-refractivity contribution is 6.36. The zero-order chi connectivity index (χ0) is 64.2. The van der Waals surface area contributed by atoms with Crippen LogP contribution in [0.4, 0.5) is 0 Å². The molecular formula is C77H100Cl4N9O4+. The first-order chi connectivity index (χ1) is 45.5. The van der Waals surface area contributed by atoms with Crippen molar-refractivity contribution >= 4 is 64.1 Å². The van der Waals surface area contributed by atoms with Gasteiger partial charge in [-0.3, -0.25) is 19.1 Å². The number of aromatic amines is 1. The van der Waals surface area contributed by atoms with E-state index in [1.165, 1.54) is 153 Å². The molecule has 5 N–H and O–H groups in total. The molecule has 0 aliphatic heterocycles. The van der Waals surface area contributed by atoms with Gasteiger partial charge in [0.1, 0.15) is 5.02 Å². The van der Waals surface area contributed by atoms with Crippen molar-refractivity contribution in [3.8, 4) is 11.4 Å². The maximum absolute atomic E-state index is 13.7. The quantitative estimate of drug-likeness (QED) is 0.0737. The molecule has 0 spiro atoms. The molecule has 2 atom stereocenters. The fourth-order valence-corrected chi connectivity index (χ4v) is 24.8. The van der Waals surface area contributed by atoms with Crippen LogP contribution < -0.4 is 20.6 Å². The van der Waals surface area contributed by atoms with Crippen LogP contribution >= 0.6 is 46.4 Å². The lowest BCUT2D eigenvalue weighted by atomic mass is 9.48. The largest absolute Gasteiger partial charge is 0.396 e. The van der Waals surface area contributed by atoms with Crippen molar-refractivity contribution in [3.05, 3.63) is 107 Å². The molecule has 3 heterocycles. The number of amides is 3. The normalized spacial score (nSPS) is 33.1. The molecule has 3 amide bonds. The monoisotopic (exact) mass is 1350 g/mol. The highest BCUT2D eigenvalue weighted by atomic mass is 35.5. The number of halogens is 4. The minimum atomic E-state index is -0.0160. The molecule has 3 aromatic heterocycles. The molecule has 16 aliphatic rings. The third-order valence-electron chi connectivity index (χ3n) is 26.8. The van der Waals surface area contributed by atoms with E-state index in [1.807, 2.05) is 33.6 Å². The number of rotatable bonds is 13. The summed E-state index contributed by atoms with van der Waals surface area (Å²) in [4.78, 5) is 40.6. The van der Waals surface area contributed by atoms with Crippen LogP contribution in [-0.4, -0.2) is 73.2 Å². The first-order valence-electron chi connectivity index (χ1n) is 37.3. The highest BCUT2D eigenvalue weighted by Crippen LogP contribution is 2.63. The standard InChI is InChI=1S/C27H41N3O2.2C25H29Cl2N3O/c1-17(27-13-19-9-20(14-27)11-21(10-19)15-27)28-26(32)25-23-12-18(16-31)7-8-24(23)30(29-25)22-5-3-2-4-6-22;26-18-5-6-22(20(27)10-18)30-21-4-2-1-3-19(21)23(29-30)24(31)28-14-25-11-15-7-16(12-25)9-17(8-15)13-25;26-18-5-6-22(20(27)10-18)30-23(19-3-1-2-4-21(19)29-30)24(31)28-14-25-11-15-7-16(12-25)9-17(8-15)13-25/h17-22,31H,2-16H2,1H3,(H,28,32);2*5-6,10,15-17H,1-4,7-9,11-14H2,(H,28,31)/p+1. The van der Waals surface area contributed by atoms with E-state index in [1.54, 1.807) is 12.1 Å². The lowest BCUT2D eigenvalue weighted by Gasteiger charge is -2.59. The summed E-state index contributed by atoms with van der Waals surface area (Å²) in [5.41, 5.74) is 11.5. The van der Waals surface area contributed by atoms with Crippen LogP contribution in [0.15, 0.2) is 36.4 Å². The molecule has 5 aromatic rings. The summed E-state index contributed by atoms with van der Waals surface area (Å²) in [5, 5.41) is 35.6. The summed E-state index contributed by atoms with van der Waals surface area (Å²) in [6.45, 7) is 4.09. The third kappa shape index (κ3) is 12.5. The molecule has 17 heteroatoms. The molecule has 12 bridgehead atoms. The highest BCUT2D eigenvalue weighted by Gasteiger charge is 2.55. The van der Waals surface area contributed by atoms with Gasteiger partial charge in [0.15, 0.2) is 11.4 Å². The van der Waals surface area contributed by atoms with Gasteiger partial charge in [-0.05, 0) is 312 Å². The van der Waals surface area contributed by atoms with Crippen molar-refractivity contribution < 1.29 is 24.2 Å². The van der Waals surface area contributed by atoms with E-state index in [0.29, 0.717) is 53.8 Å². The molecule has 16 aliphatic carbocycles. The summed E-state index contributed by atoms with van der Waals surface area (Å²) in [6.07, 6.45) is 41.7. The first kappa shape index (κ1) is 64.3. The van der Waals surface area contributed by atoms with E-state index in [9.17, 15) is 19.5 Å². The fraction of sp³-hybridized carbons (Fsp3) is 0.688. The number of hydrogen-bond donors (Lipinski definition) is 5. The van der Waals surface area contributed by atoms with Gasteiger partial charge in [0.2, 0.25) is 0 Å². The zero-order valence-electron chi connectivity index (χ0n) is 55.5. The third-order valence-corrected chi connectivity index (χ3v) is 27.9. The van der Waals surface area contributed by atoms with E-state index in [0.717, 1.165) is 182 Å². The molecule has 13 saturated carbocycles. The molecule has 21 rings (SSSR count). The number of aliphatic hydroxyl groups is 1. The second-order valence-electron chi connectivity index (χ2n) is 33.5.